The summed E-state index contributed by atoms with van der Waals surface area (Å²) in [6, 6.07) is 5.62. The molecule has 6 nitrogen and oxygen atoms in total. The highest BCUT2D eigenvalue weighted by molar-refractivity contribution is 6.31. The lowest BCUT2D eigenvalue weighted by Crippen LogP contribution is -2.50. The van der Waals surface area contributed by atoms with E-state index in [1.54, 1.807) is 24.3 Å². The molecule has 1 aromatic carbocycles. The molecule has 0 radical (unpaired) electrons. The third kappa shape index (κ3) is 3.98. The average Bonchev–Trinajstić information content (AvgIpc) is 2.94. The number of benzene rings is 1. The number of carbonyl (C=O) groups excluding carboxylic acids is 3. The Bertz CT molecular complexity index is 591. The summed E-state index contributed by atoms with van der Waals surface area (Å²) in [5, 5.41) is 5.69. The van der Waals surface area contributed by atoms with Crippen LogP contribution in [-0.2, 0) is 25.5 Å². The van der Waals surface area contributed by atoms with Gasteiger partial charge in [0.25, 0.3) is 0 Å². The molecule has 0 spiro atoms. The van der Waals surface area contributed by atoms with Gasteiger partial charge in [0.05, 0.1) is 7.11 Å². The van der Waals surface area contributed by atoms with Crippen LogP contribution in [0.25, 0.3) is 0 Å². The third-order valence-corrected chi connectivity index (χ3v) is 3.86. The van der Waals surface area contributed by atoms with Crippen molar-refractivity contribution in [2.45, 2.75) is 31.3 Å². The van der Waals surface area contributed by atoms with Gasteiger partial charge in [-0.05, 0) is 18.1 Å². The van der Waals surface area contributed by atoms with Crippen LogP contribution in [0.4, 0.5) is 0 Å². The van der Waals surface area contributed by atoms with Crippen molar-refractivity contribution in [1.29, 1.82) is 0 Å². The Morgan fingerprint density at radius 1 is 1.45 bits per heavy atom. The third-order valence-electron chi connectivity index (χ3n) is 3.50. The largest absolute Gasteiger partial charge is 0.467 e. The van der Waals surface area contributed by atoms with E-state index in [9.17, 15) is 14.4 Å². The molecule has 7 heteroatoms. The fraction of sp³-hybridized carbons (Fsp3) is 0.400. The first-order chi connectivity index (χ1) is 10.5. The molecule has 2 N–H and O–H groups in total. The molecule has 0 aromatic heterocycles. The van der Waals surface area contributed by atoms with Crippen molar-refractivity contribution in [1.82, 2.24) is 10.6 Å². The van der Waals surface area contributed by atoms with E-state index in [1.165, 1.54) is 7.11 Å². The van der Waals surface area contributed by atoms with Gasteiger partial charge in [-0.25, -0.2) is 4.79 Å². The van der Waals surface area contributed by atoms with Crippen molar-refractivity contribution in [2.75, 3.05) is 7.11 Å². The zero-order valence-corrected chi connectivity index (χ0v) is 12.9. The van der Waals surface area contributed by atoms with Crippen molar-refractivity contribution < 1.29 is 19.1 Å². The monoisotopic (exact) mass is 324 g/mol. The number of nitrogens with one attached hydrogen (secondary N) is 2. The Balaban J connectivity index is 2.06. The van der Waals surface area contributed by atoms with E-state index in [0.717, 1.165) is 5.56 Å². The lowest BCUT2D eigenvalue weighted by atomic mass is 10.1. The topological polar surface area (TPSA) is 84.5 Å². The number of ether oxygens (including phenoxy) is 1. The van der Waals surface area contributed by atoms with Crippen LogP contribution in [0, 0.1) is 0 Å². The number of hydrogen-bond acceptors (Lipinski definition) is 4. The smallest absolute Gasteiger partial charge is 0.328 e. The van der Waals surface area contributed by atoms with E-state index in [1.807, 2.05) is 0 Å². The lowest BCUT2D eigenvalue weighted by molar-refractivity contribution is -0.145. The van der Waals surface area contributed by atoms with E-state index in [-0.39, 0.29) is 12.3 Å². The predicted molar refractivity (Wildman–Crippen MR) is 80.3 cm³/mol. The number of rotatable bonds is 5. The first-order valence-corrected chi connectivity index (χ1v) is 7.30. The summed E-state index contributed by atoms with van der Waals surface area (Å²) in [5.74, 6) is -1.12. The van der Waals surface area contributed by atoms with Crippen LogP contribution in [0.15, 0.2) is 24.3 Å². The number of amides is 2. The quantitative estimate of drug-likeness (QED) is 0.785. The van der Waals surface area contributed by atoms with E-state index in [4.69, 9.17) is 16.3 Å². The van der Waals surface area contributed by atoms with Gasteiger partial charge < -0.3 is 15.4 Å². The van der Waals surface area contributed by atoms with Gasteiger partial charge in [0, 0.05) is 17.9 Å². The Labute approximate surface area is 133 Å². The Morgan fingerprint density at radius 3 is 2.77 bits per heavy atom. The highest BCUT2D eigenvalue weighted by atomic mass is 35.5. The van der Waals surface area contributed by atoms with Crippen molar-refractivity contribution in [3.8, 4) is 0 Å². The van der Waals surface area contributed by atoms with Gasteiger partial charge in [-0.15, -0.1) is 0 Å². The van der Waals surface area contributed by atoms with E-state index in [0.29, 0.717) is 17.9 Å². The van der Waals surface area contributed by atoms with Crippen molar-refractivity contribution in [3.63, 3.8) is 0 Å². The molecule has 1 aliphatic heterocycles. The van der Waals surface area contributed by atoms with Crippen LogP contribution in [0.5, 0.6) is 0 Å². The molecule has 22 heavy (non-hydrogen) atoms. The second-order valence-electron chi connectivity index (χ2n) is 5.04. The average molecular weight is 325 g/mol. The molecule has 1 aliphatic rings. The molecular weight excluding hydrogens is 308 g/mol. The van der Waals surface area contributed by atoms with Gasteiger partial charge in [-0.1, -0.05) is 29.8 Å². The van der Waals surface area contributed by atoms with Gasteiger partial charge in [-0.2, -0.15) is 0 Å². The van der Waals surface area contributed by atoms with E-state index in [2.05, 4.69) is 10.6 Å². The van der Waals surface area contributed by atoms with Gasteiger partial charge in [0.1, 0.15) is 12.1 Å². The number of methoxy groups -OCH3 is 1. The van der Waals surface area contributed by atoms with Crippen molar-refractivity contribution in [3.05, 3.63) is 34.9 Å². The minimum absolute atomic E-state index is 0.166. The number of halogens is 1. The van der Waals surface area contributed by atoms with Gasteiger partial charge in [-0.3, -0.25) is 9.59 Å². The molecule has 0 aliphatic carbocycles. The van der Waals surface area contributed by atoms with Crippen LogP contribution < -0.4 is 10.6 Å². The lowest BCUT2D eigenvalue weighted by Gasteiger charge is -2.19. The molecule has 1 fully saturated rings. The maximum absolute atomic E-state index is 12.1. The van der Waals surface area contributed by atoms with Crippen molar-refractivity contribution >= 4 is 29.4 Å². The summed E-state index contributed by atoms with van der Waals surface area (Å²) in [4.78, 5) is 35.2. The molecule has 118 valence electrons. The normalized spacial score (nSPS) is 18.5. The molecule has 1 aromatic rings. The Hall–Kier alpha value is -2.08. The standard InChI is InChI=1S/C15H17ClN2O4/c1-22-15(21)12(8-9-4-2-3-5-10(9)16)18-14(20)11-6-7-13(19)17-11/h2-5,11-12H,6-8H2,1H3,(H,17,19)(H,18,20)/t11-,12-/m0/s1. The first kappa shape index (κ1) is 16.3. The second kappa shape index (κ2) is 7.26. The van der Waals surface area contributed by atoms with Crippen LogP contribution in [0.3, 0.4) is 0 Å². The molecule has 2 rings (SSSR count). The van der Waals surface area contributed by atoms with Crippen molar-refractivity contribution in [2.24, 2.45) is 0 Å². The summed E-state index contributed by atoms with van der Waals surface area (Å²) in [7, 11) is 1.26. The molecule has 0 unspecified atom stereocenters. The second-order valence-corrected chi connectivity index (χ2v) is 5.45. The summed E-state index contributed by atoms with van der Waals surface area (Å²) in [6.07, 6.45) is 0.953. The molecule has 1 heterocycles. The SMILES string of the molecule is COC(=O)[C@H](Cc1ccccc1Cl)NC(=O)[C@@H]1CCC(=O)N1. The van der Waals surface area contributed by atoms with E-state index >= 15 is 0 Å². The minimum atomic E-state index is -0.852. The van der Waals surface area contributed by atoms with E-state index < -0.39 is 24.0 Å². The van der Waals surface area contributed by atoms with Gasteiger partial charge in [0.2, 0.25) is 11.8 Å². The Morgan fingerprint density at radius 2 is 2.18 bits per heavy atom. The van der Waals surface area contributed by atoms with Crippen LogP contribution in [-0.4, -0.2) is 37.0 Å². The predicted octanol–water partition coefficient (Wildman–Crippen LogP) is 0.819. The molecule has 1 saturated heterocycles. The molecule has 2 atom stereocenters. The Kier molecular flexibility index (Phi) is 5.38. The summed E-state index contributed by atoms with van der Waals surface area (Å²) in [5.41, 5.74) is 0.732. The maximum Gasteiger partial charge on any atom is 0.328 e. The molecule has 2 amide bonds. The fourth-order valence-electron chi connectivity index (χ4n) is 2.30. The van der Waals surface area contributed by atoms with Crippen LogP contribution in [0.2, 0.25) is 5.02 Å². The highest BCUT2D eigenvalue weighted by Gasteiger charge is 2.31. The zero-order valence-electron chi connectivity index (χ0n) is 12.1. The first-order valence-electron chi connectivity index (χ1n) is 6.92. The number of esters is 1. The summed E-state index contributed by atoms with van der Waals surface area (Å²) < 4.78 is 4.73. The molecular formula is C15H17ClN2O4. The molecule has 0 saturated carbocycles. The summed E-state index contributed by atoms with van der Waals surface area (Å²) >= 11 is 6.08. The zero-order chi connectivity index (χ0) is 16.1. The highest BCUT2D eigenvalue weighted by Crippen LogP contribution is 2.17. The minimum Gasteiger partial charge on any atom is -0.467 e. The fourth-order valence-corrected chi connectivity index (χ4v) is 2.52. The number of carbonyl (C=O) groups is 3. The summed E-state index contributed by atoms with van der Waals surface area (Å²) in [6.45, 7) is 0. The van der Waals surface area contributed by atoms with Gasteiger partial charge >= 0.3 is 5.97 Å². The van der Waals surface area contributed by atoms with Gasteiger partial charge in [0.15, 0.2) is 0 Å². The number of hydrogen-bond donors (Lipinski definition) is 2. The molecule has 0 bridgehead atoms. The van der Waals surface area contributed by atoms with Crippen LogP contribution in [0.1, 0.15) is 18.4 Å². The van der Waals surface area contributed by atoms with Crippen LogP contribution >= 0.6 is 11.6 Å². The maximum atomic E-state index is 12.1.